The molecule has 4 fully saturated rings. The van der Waals surface area contributed by atoms with Crippen LogP contribution in [-0.4, -0.2) is 29.2 Å². The van der Waals surface area contributed by atoms with Crippen molar-refractivity contribution in [2.45, 2.75) is 38.5 Å². The Labute approximate surface area is 102 Å². The summed E-state index contributed by atoms with van der Waals surface area (Å²) in [6.07, 6.45) is 5.71. The molecule has 0 aromatic heterocycles. The molecular weight excluding hydrogens is 216 g/mol. The van der Waals surface area contributed by atoms with Crippen LogP contribution in [0.25, 0.3) is 0 Å². The Hall–Kier alpha value is -0.410. The predicted molar refractivity (Wildman–Crippen MR) is 63.3 cm³/mol. The molecule has 0 saturated heterocycles. The van der Waals surface area contributed by atoms with Crippen molar-refractivity contribution in [3.63, 3.8) is 0 Å². The van der Waals surface area contributed by atoms with Crippen LogP contribution in [0.4, 0.5) is 0 Å². The van der Waals surface area contributed by atoms with Gasteiger partial charge >= 0.3 is 0 Å². The predicted octanol–water partition coefficient (Wildman–Crippen LogP) is 1.37. The maximum Gasteiger partial charge on any atom is 0.139 e. The van der Waals surface area contributed by atoms with Gasteiger partial charge in [-0.05, 0) is 55.8 Å². The Kier molecular flexibility index (Phi) is 2.79. The smallest absolute Gasteiger partial charge is 0.139 e. The zero-order chi connectivity index (χ0) is 12.0. The fourth-order valence-corrected chi connectivity index (χ4v) is 5.19. The van der Waals surface area contributed by atoms with Gasteiger partial charge in [-0.25, -0.2) is 0 Å². The van der Waals surface area contributed by atoms with Crippen LogP contribution in [-0.2, 0) is 4.79 Å². The lowest BCUT2D eigenvalue weighted by atomic mass is 9.43. The summed E-state index contributed by atoms with van der Waals surface area (Å²) in [5, 5.41) is 18.7. The number of carbonyl (C=O) groups is 1. The first-order valence-corrected chi connectivity index (χ1v) is 6.96. The molecule has 0 unspecified atom stereocenters. The minimum absolute atomic E-state index is 0.136. The molecule has 96 valence electrons. The number of aliphatic hydroxyl groups excluding tert-OH is 2. The van der Waals surface area contributed by atoms with Crippen LogP contribution in [0.5, 0.6) is 0 Å². The van der Waals surface area contributed by atoms with Crippen molar-refractivity contribution in [1.82, 2.24) is 0 Å². The molecule has 0 aromatic carbocycles. The molecule has 4 bridgehead atoms. The molecule has 0 amide bonds. The van der Waals surface area contributed by atoms with Crippen LogP contribution in [0.2, 0.25) is 0 Å². The van der Waals surface area contributed by atoms with Gasteiger partial charge < -0.3 is 10.2 Å². The minimum Gasteiger partial charge on any atom is -0.396 e. The van der Waals surface area contributed by atoms with Gasteiger partial charge in [-0.1, -0.05) is 0 Å². The number of rotatable bonds is 4. The van der Waals surface area contributed by atoms with Gasteiger partial charge in [0, 0.05) is 25.0 Å². The summed E-state index contributed by atoms with van der Waals surface area (Å²) in [6, 6.07) is 0. The Morgan fingerprint density at radius 3 is 1.71 bits per heavy atom. The van der Waals surface area contributed by atoms with E-state index in [9.17, 15) is 15.0 Å². The molecule has 4 aliphatic rings. The maximum absolute atomic E-state index is 12.0. The van der Waals surface area contributed by atoms with E-state index in [4.69, 9.17) is 0 Å². The van der Waals surface area contributed by atoms with Crippen LogP contribution in [0.3, 0.4) is 0 Å². The first-order valence-electron chi connectivity index (χ1n) is 6.96. The van der Waals surface area contributed by atoms with Crippen LogP contribution in [0, 0.1) is 29.1 Å². The Morgan fingerprint density at radius 1 is 0.941 bits per heavy atom. The topological polar surface area (TPSA) is 57.5 Å². The van der Waals surface area contributed by atoms with E-state index in [1.807, 2.05) is 0 Å². The zero-order valence-corrected chi connectivity index (χ0v) is 10.3. The summed E-state index contributed by atoms with van der Waals surface area (Å²) in [6.45, 7) is 0.437. The number of aliphatic hydroxyl groups is 2. The minimum atomic E-state index is 0.136. The molecule has 0 radical (unpaired) electrons. The molecule has 0 aromatic rings. The summed E-state index contributed by atoms with van der Waals surface area (Å²) in [4.78, 5) is 12.0. The van der Waals surface area contributed by atoms with Crippen molar-refractivity contribution in [3.8, 4) is 0 Å². The van der Waals surface area contributed by atoms with Crippen molar-refractivity contribution >= 4 is 5.78 Å². The second-order valence-corrected chi connectivity index (χ2v) is 6.31. The van der Waals surface area contributed by atoms with E-state index >= 15 is 0 Å². The van der Waals surface area contributed by atoms with Gasteiger partial charge in [-0.2, -0.15) is 0 Å². The molecule has 0 aliphatic heterocycles. The van der Waals surface area contributed by atoms with E-state index in [1.165, 1.54) is 0 Å². The van der Waals surface area contributed by atoms with E-state index in [1.54, 1.807) is 0 Å². The van der Waals surface area contributed by atoms with E-state index in [0.29, 0.717) is 29.5 Å². The number of Topliss-reactive ketones (excluding diaryl/α,β-unsaturated/α-hetero) is 1. The Balaban J connectivity index is 1.89. The molecule has 0 atom stereocenters. The highest BCUT2D eigenvalue weighted by Gasteiger charge is 2.59. The van der Waals surface area contributed by atoms with E-state index in [-0.39, 0.29) is 18.6 Å². The lowest BCUT2D eigenvalue weighted by Gasteiger charge is -2.60. The van der Waals surface area contributed by atoms with Crippen LogP contribution < -0.4 is 0 Å². The van der Waals surface area contributed by atoms with Gasteiger partial charge in [-0.15, -0.1) is 0 Å². The average Bonchev–Trinajstić information content (AvgIpc) is 2.27. The zero-order valence-electron chi connectivity index (χ0n) is 10.3. The van der Waals surface area contributed by atoms with Gasteiger partial charge in [0.15, 0.2) is 0 Å². The van der Waals surface area contributed by atoms with Crippen molar-refractivity contribution in [3.05, 3.63) is 0 Å². The summed E-state index contributed by atoms with van der Waals surface area (Å²) in [7, 11) is 0. The van der Waals surface area contributed by atoms with Gasteiger partial charge in [0.1, 0.15) is 5.78 Å². The average molecular weight is 238 g/mol. The monoisotopic (exact) mass is 238 g/mol. The van der Waals surface area contributed by atoms with Crippen LogP contribution in [0.1, 0.15) is 38.5 Å². The largest absolute Gasteiger partial charge is 0.396 e. The first kappa shape index (κ1) is 11.7. The van der Waals surface area contributed by atoms with Gasteiger partial charge in [0.25, 0.3) is 0 Å². The fraction of sp³-hybridized carbons (Fsp3) is 0.929. The second kappa shape index (κ2) is 4.06. The van der Waals surface area contributed by atoms with Crippen LogP contribution in [0.15, 0.2) is 0 Å². The standard InChI is InChI=1S/C14H22O3/c15-3-1-14(2-4-16)11-5-9-6-12(14)8-10(7-11)13(9)17/h9-12,15-16H,1-8H2. The summed E-state index contributed by atoms with van der Waals surface area (Å²) >= 11 is 0. The molecule has 4 saturated carbocycles. The molecule has 4 rings (SSSR count). The van der Waals surface area contributed by atoms with E-state index in [2.05, 4.69) is 0 Å². The van der Waals surface area contributed by atoms with Crippen LogP contribution >= 0.6 is 0 Å². The van der Waals surface area contributed by atoms with E-state index < -0.39 is 0 Å². The lowest BCUT2D eigenvalue weighted by molar-refractivity contribution is -0.161. The van der Waals surface area contributed by atoms with E-state index in [0.717, 1.165) is 38.5 Å². The third-order valence-electron chi connectivity index (χ3n) is 5.86. The lowest BCUT2D eigenvalue weighted by Crippen LogP contribution is -2.57. The first-order chi connectivity index (χ1) is 8.21. The van der Waals surface area contributed by atoms with Gasteiger partial charge in [-0.3, -0.25) is 4.79 Å². The van der Waals surface area contributed by atoms with Gasteiger partial charge in [0.2, 0.25) is 0 Å². The molecule has 2 N–H and O–H groups in total. The highest BCUT2D eigenvalue weighted by atomic mass is 16.3. The third kappa shape index (κ3) is 1.52. The van der Waals surface area contributed by atoms with Crippen molar-refractivity contribution in [2.24, 2.45) is 29.1 Å². The molecule has 3 nitrogen and oxygen atoms in total. The fourth-order valence-electron chi connectivity index (χ4n) is 5.19. The highest BCUT2D eigenvalue weighted by Crippen LogP contribution is 2.63. The number of hydrogen-bond donors (Lipinski definition) is 2. The quantitative estimate of drug-likeness (QED) is 0.778. The summed E-state index contributed by atoms with van der Waals surface area (Å²) < 4.78 is 0. The molecule has 0 heterocycles. The molecule has 4 aliphatic carbocycles. The van der Waals surface area contributed by atoms with Crippen molar-refractivity contribution in [2.75, 3.05) is 13.2 Å². The summed E-state index contributed by atoms with van der Waals surface area (Å²) in [5.74, 6) is 2.27. The normalized spacial score (nSPS) is 42.1. The number of carbonyl (C=O) groups excluding carboxylic acids is 1. The number of hydrogen-bond acceptors (Lipinski definition) is 3. The SMILES string of the molecule is O=C1C2CC3CC1CC(C2)C3(CCO)CCO. The molecule has 17 heavy (non-hydrogen) atoms. The second-order valence-electron chi connectivity index (χ2n) is 6.31. The highest BCUT2D eigenvalue weighted by molar-refractivity contribution is 5.85. The third-order valence-corrected chi connectivity index (χ3v) is 5.86. The van der Waals surface area contributed by atoms with Crippen molar-refractivity contribution < 1.29 is 15.0 Å². The number of ketones is 1. The summed E-state index contributed by atoms with van der Waals surface area (Å²) in [5.41, 5.74) is 0.136. The Bertz CT molecular complexity index is 283. The molecule has 0 spiro atoms. The van der Waals surface area contributed by atoms with Crippen molar-refractivity contribution in [1.29, 1.82) is 0 Å². The maximum atomic E-state index is 12.0. The Morgan fingerprint density at radius 2 is 1.35 bits per heavy atom. The molecule has 3 heteroatoms. The van der Waals surface area contributed by atoms with Gasteiger partial charge in [0.05, 0.1) is 0 Å². The molecular formula is C14H22O3.